The second kappa shape index (κ2) is 9.29. The fourth-order valence-corrected chi connectivity index (χ4v) is 5.58. The molecule has 34 heavy (non-hydrogen) atoms. The first-order chi connectivity index (χ1) is 16.5. The number of hydrogen-bond acceptors (Lipinski definition) is 5. The highest BCUT2D eigenvalue weighted by molar-refractivity contribution is 5.89. The minimum absolute atomic E-state index is 0.0357. The van der Waals surface area contributed by atoms with Crippen molar-refractivity contribution in [2.75, 3.05) is 39.6 Å². The Labute approximate surface area is 200 Å². The number of carbonyl (C=O) groups excluding carboxylic acids is 2. The molecule has 2 aromatic carbocycles. The molecular weight excluding hydrogens is 432 g/mol. The third-order valence-corrected chi connectivity index (χ3v) is 7.85. The molecule has 2 fully saturated rings. The normalized spacial score (nSPS) is 20.6. The molecule has 5 rings (SSSR count). The van der Waals surface area contributed by atoms with Crippen LogP contribution in [0, 0.1) is 0 Å². The van der Waals surface area contributed by atoms with Crippen LogP contribution in [-0.2, 0) is 25.2 Å². The number of likely N-dealkylation sites (tertiary alicyclic amines) is 1. The van der Waals surface area contributed by atoms with Gasteiger partial charge in [-0.3, -0.25) is 9.59 Å². The zero-order chi connectivity index (χ0) is 23.6. The van der Waals surface area contributed by atoms with Crippen molar-refractivity contribution in [3.8, 4) is 11.5 Å². The van der Waals surface area contributed by atoms with Crippen molar-refractivity contribution >= 4 is 11.8 Å². The Kier molecular flexibility index (Phi) is 6.21. The van der Waals surface area contributed by atoms with Crippen LogP contribution in [0.4, 0.5) is 0 Å². The van der Waals surface area contributed by atoms with E-state index >= 15 is 0 Å². The summed E-state index contributed by atoms with van der Waals surface area (Å²) in [6.07, 6.45) is 2.87. The molecule has 7 nitrogen and oxygen atoms in total. The number of amides is 2. The average molecular weight is 465 g/mol. The monoisotopic (exact) mass is 464 g/mol. The van der Waals surface area contributed by atoms with E-state index in [0.29, 0.717) is 45.7 Å². The summed E-state index contributed by atoms with van der Waals surface area (Å²) in [5.74, 6) is 1.61. The van der Waals surface area contributed by atoms with Crippen molar-refractivity contribution in [2.45, 2.75) is 43.4 Å². The van der Waals surface area contributed by atoms with Crippen LogP contribution in [0.2, 0.25) is 0 Å². The summed E-state index contributed by atoms with van der Waals surface area (Å²) in [6, 6.07) is 16.1. The third-order valence-electron chi connectivity index (χ3n) is 7.85. The standard InChI is InChI=1S/C27H32N2O5/c1-20(30)29-13-9-27(10-14-29,21-5-3-2-4-6-21)25(31)28-18-26(11-15-32-16-12-26)22-7-8-23-24(17-22)34-19-33-23/h2-8,17H,9-16,18-19H2,1H3,(H,28,31). The summed E-state index contributed by atoms with van der Waals surface area (Å²) in [4.78, 5) is 27.7. The number of hydrogen-bond donors (Lipinski definition) is 1. The summed E-state index contributed by atoms with van der Waals surface area (Å²) < 4.78 is 16.8. The Morgan fingerprint density at radius 2 is 1.62 bits per heavy atom. The highest BCUT2D eigenvalue weighted by atomic mass is 16.7. The molecule has 180 valence electrons. The van der Waals surface area contributed by atoms with Gasteiger partial charge in [0.1, 0.15) is 0 Å². The molecule has 0 radical (unpaired) electrons. The van der Waals surface area contributed by atoms with Crippen LogP contribution in [0.1, 0.15) is 43.7 Å². The van der Waals surface area contributed by atoms with Crippen molar-refractivity contribution in [1.29, 1.82) is 0 Å². The Hall–Kier alpha value is -3.06. The van der Waals surface area contributed by atoms with Crippen molar-refractivity contribution in [3.63, 3.8) is 0 Å². The summed E-state index contributed by atoms with van der Waals surface area (Å²) in [5, 5.41) is 3.34. The van der Waals surface area contributed by atoms with E-state index in [1.807, 2.05) is 41.3 Å². The van der Waals surface area contributed by atoms with Crippen molar-refractivity contribution in [1.82, 2.24) is 10.2 Å². The number of carbonyl (C=O) groups is 2. The number of nitrogens with one attached hydrogen (secondary N) is 1. The molecule has 0 aromatic heterocycles. The van der Waals surface area contributed by atoms with E-state index in [4.69, 9.17) is 14.2 Å². The van der Waals surface area contributed by atoms with Gasteiger partial charge in [-0.15, -0.1) is 0 Å². The molecule has 7 heteroatoms. The quantitative estimate of drug-likeness (QED) is 0.736. The molecule has 3 heterocycles. The van der Waals surface area contributed by atoms with Crippen LogP contribution in [0.5, 0.6) is 11.5 Å². The minimum Gasteiger partial charge on any atom is -0.454 e. The SMILES string of the molecule is CC(=O)N1CCC(C(=O)NCC2(c3ccc4c(c3)OCO4)CCOCC2)(c2ccccc2)CC1. The first-order valence-corrected chi connectivity index (χ1v) is 12.1. The molecule has 3 aliphatic rings. The summed E-state index contributed by atoms with van der Waals surface area (Å²) in [5.41, 5.74) is 1.28. The van der Waals surface area contributed by atoms with E-state index in [0.717, 1.165) is 35.5 Å². The van der Waals surface area contributed by atoms with E-state index in [2.05, 4.69) is 17.4 Å². The van der Waals surface area contributed by atoms with E-state index in [1.54, 1.807) is 6.92 Å². The number of rotatable bonds is 5. The number of ether oxygens (including phenoxy) is 3. The average Bonchev–Trinajstić information content (AvgIpc) is 3.36. The third kappa shape index (κ3) is 4.13. The maximum atomic E-state index is 13.9. The largest absolute Gasteiger partial charge is 0.454 e. The highest BCUT2D eigenvalue weighted by Gasteiger charge is 2.44. The fourth-order valence-electron chi connectivity index (χ4n) is 5.58. The number of nitrogens with zero attached hydrogens (tertiary/aromatic N) is 1. The van der Waals surface area contributed by atoms with Gasteiger partial charge in [0.25, 0.3) is 0 Å². The smallest absolute Gasteiger partial charge is 0.231 e. The van der Waals surface area contributed by atoms with Gasteiger partial charge in [0, 0.05) is 45.2 Å². The molecule has 1 N–H and O–H groups in total. The summed E-state index contributed by atoms with van der Waals surface area (Å²) >= 11 is 0. The van der Waals surface area contributed by atoms with Crippen molar-refractivity contribution < 1.29 is 23.8 Å². The lowest BCUT2D eigenvalue weighted by molar-refractivity contribution is -0.135. The predicted octanol–water partition coefficient (Wildman–Crippen LogP) is 3.16. The van der Waals surface area contributed by atoms with E-state index in [9.17, 15) is 9.59 Å². The molecule has 0 bridgehead atoms. The molecule has 2 saturated heterocycles. The Balaban J connectivity index is 1.40. The van der Waals surface area contributed by atoms with E-state index in [-0.39, 0.29) is 24.0 Å². The van der Waals surface area contributed by atoms with Crippen LogP contribution >= 0.6 is 0 Å². The zero-order valence-electron chi connectivity index (χ0n) is 19.7. The van der Waals surface area contributed by atoms with E-state index < -0.39 is 5.41 Å². The molecule has 3 aliphatic heterocycles. The topological polar surface area (TPSA) is 77.1 Å². The maximum absolute atomic E-state index is 13.9. The second-order valence-electron chi connectivity index (χ2n) is 9.60. The Bertz CT molecular complexity index is 1040. The molecule has 0 aliphatic carbocycles. The van der Waals surface area contributed by atoms with Gasteiger partial charge < -0.3 is 24.4 Å². The van der Waals surface area contributed by atoms with Gasteiger partial charge in [-0.2, -0.15) is 0 Å². The van der Waals surface area contributed by atoms with Gasteiger partial charge in [-0.05, 0) is 48.9 Å². The van der Waals surface area contributed by atoms with E-state index in [1.165, 1.54) is 0 Å². The van der Waals surface area contributed by atoms with Crippen LogP contribution in [0.15, 0.2) is 48.5 Å². The van der Waals surface area contributed by atoms with Crippen LogP contribution < -0.4 is 14.8 Å². The van der Waals surface area contributed by atoms with Gasteiger partial charge in [0.2, 0.25) is 18.6 Å². The fraction of sp³-hybridized carbons (Fsp3) is 0.481. The Morgan fingerprint density at radius 1 is 0.912 bits per heavy atom. The van der Waals surface area contributed by atoms with Crippen LogP contribution in [-0.4, -0.2) is 56.4 Å². The lowest BCUT2D eigenvalue weighted by Gasteiger charge is -2.43. The van der Waals surface area contributed by atoms with Gasteiger partial charge >= 0.3 is 0 Å². The number of fused-ring (bicyclic) bond motifs is 1. The van der Waals surface area contributed by atoms with Gasteiger partial charge in [-0.25, -0.2) is 0 Å². The molecule has 0 spiro atoms. The lowest BCUT2D eigenvalue weighted by Crippen LogP contribution is -2.55. The Morgan fingerprint density at radius 3 is 2.32 bits per heavy atom. The molecular formula is C27H32N2O5. The summed E-state index contributed by atoms with van der Waals surface area (Å²) in [6.45, 7) is 4.83. The first-order valence-electron chi connectivity index (χ1n) is 12.1. The predicted molar refractivity (Wildman–Crippen MR) is 127 cm³/mol. The van der Waals surface area contributed by atoms with Crippen LogP contribution in [0.25, 0.3) is 0 Å². The summed E-state index contributed by atoms with van der Waals surface area (Å²) in [7, 11) is 0. The highest BCUT2D eigenvalue weighted by Crippen LogP contribution is 2.41. The maximum Gasteiger partial charge on any atom is 0.231 e. The molecule has 0 atom stereocenters. The number of benzene rings is 2. The van der Waals surface area contributed by atoms with Gasteiger partial charge in [-0.1, -0.05) is 36.4 Å². The first kappa shape index (κ1) is 22.7. The lowest BCUT2D eigenvalue weighted by atomic mass is 9.70. The van der Waals surface area contributed by atoms with Crippen molar-refractivity contribution in [3.05, 3.63) is 59.7 Å². The molecule has 2 amide bonds. The van der Waals surface area contributed by atoms with Crippen LogP contribution in [0.3, 0.4) is 0 Å². The molecule has 0 saturated carbocycles. The minimum atomic E-state index is -0.644. The van der Waals surface area contributed by atoms with Crippen molar-refractivity contribution in [2.24, 2.45) is 0 Å². The molecule has 0 unspecified atom stereocenters. The zero-order valence-corrected chi connectivity index (χ0v) is 19.7. The number of piperidine rings is 1. The second-order valence-corrected chi connectivity index (χ2v) is 9.60. The van der Waals surface area contributed by atoms with Gasteiger partial charge in [0.05, 0.1) is 5.41 Å². The van der Waals surface area contributed by atoms with Gasteiger partial charge in [0.15, 0.2) is 11.5 Å². The molecule has 2 aromatic rings.